The van der Waals surface area contributed by atoms with E-state index in [0.29, 0.717) is 5.88 Å². The van der Waals surface area contributed by atoms with Crippen molar-refractivity contribution in [3.8, 4) is 11.4 Å². The van der Waals surface area contributed by atoms with Gasteiger partial charge in [-0.1, -0.05) is 0 Å². The second kappa shape index (κ2) is 5.66. The van der Waals surface area contributed by atoms with E-state index in [-0.39, 0.29) is 0 Å². The van der Waals surface area contributed by atoms with E-state index >= 15 is 0 Å². The van der Waals surface area contributed by atoms with E-state index in [9.17, 15) is 0 Å². The van der Waals surface area contributed by atoms with Gasteiger partial charge in [0, 0.05) is 16.2 Å². The van der Waals surface area contributed by atoms with Crippen molar-refractivity contribution >= 4 is 38.7 Å². The molecule has 2 aromatic heterocycles. The summed E-state index contributed by atoms with van der Waals surface area (Å²) in [6.07, 6.45) is 0. The minimum Gasteiger partial charge on any atom is -0.497 e. The molecule has 6 heteroatoms. The predicted octanol–water partition coefficient (Wildman–Crippen LogP) is 4.24. The van der Waals surface area contributed by atoms with Crippen LogP contribution in [0.3, 0.4) is 0 Å². The first-order valence-corrected chi connectivity index (χ1v) is 7.71. The van der Waals surface area contributed by atoms with Gasteiger partial charge in [0.1, 0.15) is 17.1 Å². The van der Waals surface area contributed by atoms with Crippen LogP contribution in [-0.4, -0.2) is 21.6 Å². The molecule has 1 aromatic carbocycles. The number of benzene rings is 1. The van der Waals surface area contributed by atoms with E-state index in [1.807, 2.05) is 41.8 Å². The molecule has 0 N–H and O–H groups in total. The van der Waals surface area contributed by atoms with Gasteiger partial charge in [-0.3, -0.25) is 4.57 Å². The van der Waals surface area contributed by atoms with Crippen molar-refractivity contribution in [2.45, 2.75) is 12.8 Å². The predicted molar refractivity (Wildman–Crippen MR) is 87.4 cm³/mol. The number of methoxy groups -OCH3 is 1. The van der Waals surface area contributed by atoms with Gasteiger partial charge in [0.05, 0.1) is 18.7 Å². The first-order valence-electron chi connectivity index (χ1n) is 6.39. The molecule has 0 spiro atoms. The number of rotatable bonds is 3. The highest BCUT2D eigenvalue weighted by molar-refractivity contribution is 9.10. The first-order chi connectivity index (χ1) is 10.1. The summed E-state index contributed by atoms with van der Waals surface area (Å²) in [5, 5.41) is 0. The number of halogens is 2. The van der Waals surface area contributed by atoms with Crippen LogP contribution >= 0.6 is 27.5 Å². The Morgan fingerprint density at radius 1 is 1.24 bits per heavy atom. The Balaban J connectivity index is 2.35. The van der Waals surface area contributed by atoms with Crippen molar-refractivity contribution in [1.82, 2.24) is 14.5 Å². The molecule has 21 heavy (non-hydrogen) atoms. The van der Waals surface area contributed by atoms with Gasteiger partial charge < -0.3 is 4.74 Å². The molecule has 0 saturated carbocycles. The molecule has 0 aliphatic heterocycles. The van der Waals surface area contributed by atoms with Gasteiger partial charge in [-0.25, -0.2) is 9.97 Å². The van der Waals surface area contributed by atoms with Crippen LogP contribution in [0.4, 0.5) is 0 Å². The van der Waals surface area contributed by atoms with Crippen LogP contribution in [-0.2, 0) is 5.88 Å². The first kappa shape index (κ1) is 14.4. The fourth-order valence-electron chi connectivity index (χ4n) is 2.23. The fraction of sp³-hybridized carbons (Fsp3) is 0.200. The normalized spacial score (nSPS) is 11.0. The van der Waals surface area contributed by atoms with E-state index in [4.69, 9.17) is 16.3 Å². The lowest BCUT2D eigenvalue weighted by Crippen LogP contribution is -2.02. The zero-order valence-electron chi connectivity index (χ0n) is 11.6. The fourth-order valence-corrected chi connectivity index (χ4v) is 2.84. The number of alkyl halides is 1. The second-order valence-electron chi connectivity index (χ2n) is 4.61. The molecule has 0 aliphatic rings. The van der Waals surface area contributed by atoms with E-state index in [0.717, 1.165) is 38.6 Å². The number of hydrogen-bond acceptors (Lipinski definition) is 3. The maximum Gasteiger partial charge on any atom is 0.165 e. The molecule has 3 aromatic rings. The van der Waals surface area contributed by atoms with Gasteiger partial charge >= 0.3 is 0 Å². The van der Waals surface area contributed by atoms with Crippen LogP contribution in [0.25, 0.3) is 16.9 Å². The van der Waals surface area contributed by atoms with Crippen molar-refractivity contribution in [2.75, 3.05) is 7.11 Å². The monoisotopic (exact) mass is 365 g/mol. The Morgan fingerprint density at radius 2 is 2.05 bits per heavy atom. The molecule has 0 saturated heterocycles. The van der Waals surface area contributed by atoms with E-state index < -0.39 is 0 Å². The second-order valence-corrected chi connectivity index (χ2v) is 5.73. The number of aromatic nitrogens is 3. The maximum absolute atomic E-state index is 6.06. The summed E-state index contributed by atoms with van der Waals surface area (Å²) >= 11 is 9.64. The van der Waals surface area contributed by atoms with Crippen LogP contribution in [0.15, 0.2) is 34.8 Å². The number of nitrogens with zero attached hydrogens (tertiary/aromatic N) is 3. The summed E-state index contributed by atoms with van der Waals surface area (Å²) in [5.41, 5.74) is 3.46. The molecule has 0 radical (unpaired) electrons. The van der Waals surface area contributed by atoms with Gasteiger partial charge in [-0.2, -0.15) is 0 Å². The van der Waals surface area contributed by atoms with Crippen LogP contribution in [0.2, 0.25) is 0 Å². The summed E-state index contributed by atoms with van der Waals surface area (Å²) < 4.78 is 8.20. The van der Waals surface area contributed by atoms with Crippen LogP contribution in [0.5, 0.6) is 5.75 Å². The average Bonchev–Trinajstić information content (AvgIpc) is 2.85. The highest BCUT2D eigenvalue weighted by Crippen LogP contribution is 2.30. The highest BCUT2D eigenvalue weighted by atomic mass is 79.9. The van der Waals surface area contributed by atoms with Gasteiger partial charge in [0.2, 0.25) is 0 Å². The largest absolute Gasteiger partial charge is 0.497 e. The van der Waals surface area contributed by atoms with Crippen molar-refractivity contribution in [3.05, 3.63) is 46.3 Å². The lowest BCUT2D eigenvalue weighted by Gasteiger charge is -2.11. The summed E-state index contributed by atoms with van der Waals surface area (Å²) in [6, 6.07) is 9.67. The zero-order chi connectivity index (χ0) is 15.0. The maximum atomic E-state index is 6.06. The quantitative estimate of drug-likeness (QED) is 0.651. The minimum absolute atomic E-state index is 0.305. The number of aryl methyl sites for hydroxylation is 1. The van der Waals surface area contributed by atoms with E-state index in [2.05, 4.69) is 25.9 Å². The van der Waals surface area contributed by atoms with Crippen LogP contribution < -0.4 is 4.74 Å². The van der Waals surface area contributed by atoms with Crippen LogP contribution in [0.1, 0.15) is 11.5 Å². The van der Waals surface area contributed by atoms with Crippen molar-refractivity contribution in [3.63, 3.8) is 0 Å². The third-order valence-corrected chi connectivity index (χ3v) is 4.14. The molecule has 0 amide bonds. The highest BCUT2D eigenvalue weighted by Gasteiger charge is 2.16. The Bertz CT molecular complexity index is 816. The van der Waals surface area contributed by atoms with Crippen molar-refractivity contribution < 1.29 is 4.74 Å². The average molecular weight is 367 g/mol. The summed E-state index contributed by atoms with van der Waals surface area (Å²) in [7, 11) is 1.64. The summed E-state index contributed by atoms with van der Waals surface area (Å²) in [6.45, 7) is 1.96. The van der Waals surface area contributed by atoms with Gasteiger partial charge in [0.25, 0.3) is 0 Å². The van der Waals surface area contributed by atoms with Gasteiger partial charge in [-0.05, 0) is 47.1 Å². The van der Waals surface area contributed by atoms with E-state index in [1.54, 1.807) is 7.11 Å². The van der Waals surface area contributed by atoms with Gasteiger partial charge in [0.15, 0.2) is 5.65 Å². The SMILES string of the molecule is COc1ccc(Br)c(-n2c(CCl)nc3ccc(C)nc32)c1. The minimum atomic E-state index is 0.305. The molecule has 4 nitrogen and oxygen atoms in total. The summed E-state index contributed by atoms with van der Waals surface area (Å²) in [4.78, 5) is 9.15. The van der Waals surface area contributed by atoms with Crippen molar-refractivity contribution in [1.29, 1.82) is 0 Å². The molecule has 0 unspecified atom stereocenters. The number of fused-ring (bicyclic) bond motifs is 1. The number of pyridine rings is 1. The molecular formula is C15H13BrClN3O. The Morgan fingerprint density at radius 3 is 2.76 bits per heavy atom. The standard InChI is InChI=1S/C15H13BrClN3O/c1-9-3-6-12-15(18-9)20(14(8-17)19-12)13-7-10(21-2)4-5-11(13)16/h3-7H,8H2,1-2H3. The smallest absolute Gasteiger partial charge is 0.165 e. The van der Waals surface area contributed by atoms with Gasteiger partial charge in [-0.15, -0.1) is 11.6 Å². The molecule has 3 rings (SSSR count). The molecule has 0 fully saturated rings. The zero-order valence-corrected chi connectivity index (χ0v) is 13.9. The number of imidazole rings is 1. The molecule has 0 atom stereocenters. The molecule has 108 valence electrons. The van der Waals surface area contributed by atoms with E-state index in [1.165, 1.54) is 0 Å². The van der Waals surface area contributed by atoms with Crippen molar-refractivity contribution in [2.24, 2.45) is 0 Å². The third-order valence-electron chi connectivity index (χ3n) is 3.23. The lowest BCUT2D eigenvalue weighted by atomic mass is 10.3. The topological polar surface area (TPSA) is 39.9 Å². The summed E-state index contributed by atoms with van der Waals surface area (Å²) in [5.74, 6) is 1.82. The third kappa shape index (κ3) is 2.51. The lowest BCUT2D eigenvalue weighted by molar-refractivity contribution is 0.414. The molecule has 2 heterocycles. The Labute approximate surface area is 135 Å². The van der Waals surface area contributed by atoms with Crippen LogP contribution in [0, 0.1) is 6.92 Å². The molecule has 0 aliphatic carbocycles. The number of ether oxygens (including phenoxy) is 1. The Kier molecular flexibility index (Phi) is 3.87. The molecular weight excluding hydrogens is 354 g/mol. The number of hydrogen-bond donors (Lipinski definition) is 0. The molecule has 0 bridgehead atoms. The Hall–Kier alpha value is -1.59.